The molecule has 0 aliphatic carbocycles. The van der Waals surface area contributed by atoms with Crippen LogP contribution in [0, 0.1) is 0 Å². The lowest BCUT2D eigenvalue weighted by Gasteiger charge is -2.28. The van der Waals surface area contributed by atoms with Crippen LogP contribution in [0.25, 0.3) is 0 Å². The van der Waals surface area contributed by atoms with Crippen LogP contribution in [0.4, 0.5) is 0 Å². The van der Waals surface area contributed by atoms with Gasteiger partial charge in [-0.05, 0) is 35.9 Å². The Morgan fingerprint density at radius 3 is 2.39 bits per heavy atom. The van der Waals surface area contributed by atoms with E-state index in [0.717, 1.165) is 5.56 Å². The molecule has 9 nitrogen and oxygen atoms in total. The van der Waals surface area contributed by atoms with Gasteiger partial charge < -0.3 is 23.8 Å². The highest BCUT2D eigenvalue weighted by Gasteiger charge is 2.45. The highest BCUT2D eigenvalue weighted by Crippen LogP contribution is 2.31. The molecule has 4 rings (SSSR count). The van der Waals surface area contributed by atoms with Crippen LogP contribution in [0.2, 0.25) is 0 Å². The first-order valence-corrected chi connectivity index (χ1v) is 12.2. The van der Waals surface area contributed by atoms with Crippen LogP contribution in [0.5, 0.6) is 17.2 Å². The molecule has 2 aliphatic rings. The van der Waals surface area contributed by atoms with E-state index in [0.29, 0.717) is 29.4 Å². The molecule has 2 aromatic rings. The maximum atomic E-state index is 13.2. The number of nitrogens with zero attached hydrogens (tertiary/aromatic N) is 2. The molecular weight excluding hydrogens is 448 g/mol. The number of rotatable bonds is 6. The summed E-state index contributed by atoms with van der Waals surface area (Å²) in [5.74, 6) is 1.39. The third-order valence-electron chi connectivity index (χ3n) is 6.05. The second-order valence-electron chi connectivity index (χ2n) is 7.97. The summed E-state index contributed by atoms with van der Waals surface area (Å²) in [6.45, 7) is 0.857. The molecule has 0 radical (unpaired) electrons. The number of sulfonamides is 1. The lowest BCUT2D eigenvalue weighted by Crippen LogP contribution is -2.45. The number of amides is 1. The number of carbonyl (C=O) groups excluding carboxylic acids is 1. The van der Waals surface area contributed by atoms with Crippen LogP contribution in [-0.4, -0.2) is 82.5 Å². The van der Waals surface area contributed by atoms with Crippen molar-refractivity contribution in [3.63, 3.8) is 0 Å². The summed E-state index contributed by atoms with van der Waals surface area (Å²) >= 11 is 0. The standard InChI is InChI=1S/C23H28N2O7S/c1-29-18-7-4-16(5-8-18)13-25-19-14-24(15-22(19)32-10-11-33(25,27)28)23(26)17-6-9-20(30-2)21(12-17)31-3/h4-9,12,19,22H,10-11,13-15H2,1-3H3/t19-,22+/m1/s1. The summed E-state index contributed by atoms with van der Waals surface area (Å²) in [5.41, 5.74) is 1.28. The van der Waals surface area contributed by atoms with Gasteiger partial charge in [-0.2, -0.15) is 4.31 Å². The van der Waals surface area contributed by atoms with Gasteiger partial charge >= 0.3 is 0 Å². The molecular formula is C23H28N2O7S. The maximum absolute atomic E-state index is 13.2. The van der Waals surface area contributed by atoms with E-state index in [1.165, 1.54) is 18.5 Å². The van der Waals surface area contributed by atoms with Gasteiger partial charge in [0.05, 0.1) is 45.8 Å². The number of benzene rings is 2. The van der Waals surface area contributed by atoms with Gasteiger partial charge in [-0.3, -0.25) is 4.79 Å². The van der Waals surface area contributed by atoms with Crippen LogP contribution in [0.3, 0.4) is 0 Å². The molecule has 0 saturated carbocycles. The lowest BCUT2D eigenvalue weighted by molar-refractivity contribution is 0.0445. The van der Waals surface area contributed by atoms with Crippen molar-refractivity contribution in [2.24, 2.45) is 0 Å². The van der Waals surface area contributed by atoms with Crippen LogP contribution >= 0.6 is 0 Å². The number of ether oxygens (including phenoxy) is 4. The number of likely N-dealkylation sites (tertiary alicyclic amines) is 1. The summed E-state index contributed by atoms with van der Waals surface area (Å²) in [5, 5.41) is 0. The number of fused-ring (bicyclic) bond motifs is 1. The van der Waals surface area contributed by atoms with Gasteiger partial charge in [0.15, 0.2) is 11.5 Å². The Morgan fingerprint density at radius 2 is 1.73 bits per heavy atom. The maximum Gasteiger partial charge on any atom is 0.254 e. The largest absolute Gasteiger partial charge is 0.497 e. The van der Waals surface area contributed by atoms with Crippen molar-refractivity contribution >= 4 is 15.9 Å². The van der Waals surface area contributed by atoms with Crippen molar-refractivity contribution in [2.75, 3.05) is 46.8 Å². The Kier molecular flexibility index (Phi) is 6.78. The second kappa shape index (κ2) is 9.58. The van der Waals surface area contributed by atoms with E-state index in [1.807, 2.05) is 12.1 Å². The molecule has 2 aliphatic heterocycles. The fourth-order valence-electron chi connectivity index (χ4n) is 4.27. The minimum absolute atomic E-state index is 0.0836. The third-order valence-corrected chi connectivity index (χ3v) is 7.85. The zero-order valence-corrected chi connectivity index (χ0v) is 19.7. The van der Waals surface area contributed by atoms with E-state index in [1.54, 1.807) is 42.3 Å². The Bertz CT molecular complexity index is 1100. The van der Waals surface area contributed by atoms with Crippen molar-refractivity contribution in [3.8, 4) is 17.2 Å². The van der Waals surface area contributed by atoms with Crippen molar-refractivity contribution < 1.29 is 32.2 Å². The van der Waals surface area contributed by atoms with E-state index in [-0.39, 0.29) is 31.4 Å². The van der Waals surface area contributed by atoms with E-state index >= 15 is 0 Å². The van der Waals surface area contributed by atoms with Crippen molar-refractivity contribution in [1.29, 1.82) is 0 Å². The van der Waals surface area contributed by atoms with Crippen molar-refractivity contribution in [3.05, 3.63) is 53.6 Å². The quantitative estimate of drug-likeness (QED) is 0.627. The van der Waals surface area contributed by atoms with E-state index in [4.69, 9.17) is 18.9 Å². The molecule has 0 spiro atoms. The number of hydrogen-bond donors (Lipinski definition) is 0. The topological polar surface area (TPSA) is 94.6 Å². The Labute approximate surface area is 193 Å². The fraction of sp³-hybridized carbons (Fsp3) is 0.435. The first-order valence-electron chi connectivity index (χ1n) is 10.6. The van der Waals surface area contributed by atoms with Gasteiger partial charge in [-0.1, -0.05) is 12.1 Å². The monoisotopic (exact) mass is 476 g/mol. The van der Waals surface area contributed by atoms with Crippen LogP contribution in [0.1, 0.15) is 15.9 Å². The van der Waals surface area contributed by atoms with Crippen LogP contribution in [0.15, 0.2) is 42.5 Å². The molecule has 33 heavy (non-hydrogen) atoms. The summed E-state index contributed by atoms with van der Waals surface area (Å²) < 4.78 is 49.2. The normalized spacial score (nSPS) is 22.3. The molecule has 2 atom stereocenters. The van der Waals surface area contributed by atoms with Gasteiger partial charge in [0, 0.05) is 25.2 Å². The van der Waals surface area contributed by atoms with Crippen LogP contribution in [-0.2, 0) is 21.3 Å². The van der Waals surface area contributed by atoms with Crippen LogP contribution < -0.4 is 14.2 Å². The number of hydrogen-bond acceptors (Lipinski definition) is 7. The third kappa shape index (κ3) is 4.78. The van der Waals surface area contributed by atoms with Crippen molar-refractivity contribution in [1.82, 2.24) is 9.21 Å². The van der Waals surface area contributed by atoms with E-state index in [9.17, 15) is 13.2 Å². The highest BCUT2D eigenvalue weighted by molar-refractivity contribution is 7.89. The molecule has 10 heteroatoms. The Balaban J connectivity index is 1.57. The highest BCUT2D eigenvalue weighted by atomic mass is 32.2. The van der Waals surface area contributed by atoms with Gasteiger partial charge in [0.25, 0.3) is 5.91 Å². The molecule has 0 unspecified atom stereocenters. The predicted octanol–water partition coefficient (Wildman–Crippen LogP) is 1.77. The van der Waals surface area contributed by atoms with E-state index < -0.39 is 22.2 Å². The number of methoxy groups -OCH3 is 3. The molecule has 2 fully saturated rings. The second-order valence-corrected chi connectivity index (χ2v) is 10.0. The zero-order chi connectivity index (χ0) is 23.6. The minimum Gasteiger partial charge on any atom is -0.497 e. The molecule has 0 N–H and O–H groups in total. The van der Waals surface area contributed by atoms with Gasteiger partial charge in [-0.15, -0.1) is 0 Å². The summed E-state index contributed by atoms with van der Waals surface area (Å²) in [6.07, 6.45) is -0.399. The molecule has 2 saturated heterocycles. The molecule has 0 bridgehead atoms. The zero-order valence-electron chi connectivity index (χ0n) is 18.9. The predicted molar refractivity (Wildman–Crippen MR) is 121 cm³/mol. The molecule has 1 amide bonds. The number of carbonyl (C=O) groups is 1. The van der Waals surface area contributed by atoms with Gasteiger partial charge in [0.1, 0.15) is 5.75 Å². The smallest absolute Gasteiger partial charge is 0.254 e. The average Bonchev–Trinajstić information content (AvgIpc) is 3.20. The minimum atomic E-state index is -3.56. The van der Waals surface area contributed by atoms with E-state index in [2.05, 4.69) is 0 Å². The molecule has 2 heterocycles. The summed E-state index contributed by atoms with van der Waals surface area (Å²) in [6, 6.07) is 11.8. The Morgan fingerprint density at radius 1 is 1.00 bits per heavy atom. The summed E-state index contributed by atoms with van der Waals surface area (Å²) in [4.78, 5) is 14.9. The van der Waals surface area contributed by atoms with Gasteiger partial charge in [0.2, 0.25) is 10.0 Å². The average molecular weight is 477 g/mol. The fourth-order valence-corrected chi connectivity index (χ4v) is 5.77. The molecule has 0 aromatic heterocycles. The first-order chi connectivity index (χ1) is 15.9. The molecule has 178 valence electrons. The first kappa shape index (κ1) is 23.3. The lowest BCUT2D eigenvalue weighted by atomic mass is 10.1. The van der Waals surface area contributed by atoms with Crippen molar-refractivity contribution in [2.45, 2.75) is 18.7 Å². The SMILES string of the molecule is COc1ccc(CN2[C@@H]3CN(C(=O)c4ccc(OC)c(OC)c4)C[C@@H]3OCCS2(=O)=O)cc1. The molecule has 2 aromatic carbocycles. The van der Waals surface area contributed by atoms with Gasteiger partial charge in [-0.25, -0.2) is 8.42 Å². The Hall–Kier alpha value is -2.82. The summed E-state index contributed by atoms with van der Waals surface area (Å²) in [7, 11) is 1.06.